The predicted molar refractivity (Wildman–Crippen MR) is 89.0 cm³/mol. The standard InChI is InChI=1S/C17H15BrN2O2/c18-13-5-7-14(8-6-13)19-16(21)11-1-3-12(4-2-11)17(22)20-15-9-10-15/h1-8,15H,9-10H2,(H,19,21)(H,20,22). The van der Waals surface area contributed by atoms with Gasteiger partial charge in [0.05, 0.1) is 0 Å². The Balaban J connectivity index is 1.65. The van der Waals surface area contributed by atoms with Gasteiger partial charge in [0.15, 0.2) is 0 Å². The third-order valence-electron chi connectivity index (χ3n) is 3.42. The summed E-state index contributed by atoms with van der Waals surface area (Å²) in [5.74, 6) is -0.279. The minimum Gasteiger partial charge on any atom is -0.349 e. The van der Waals surface area contributed by atoms with Crippen LogP contribution in [0.4, 0.5) is 5.69 Å². The second-order valence-corrected chi connectivity index (χ2v) is 6.20. The van der Waals surface area contributed by atoms with Crippen molar-refractivity contribution in [2.75, 3.05) is 5.32 Å². The molecule has 0 atom stereocenters. The van der Waals surface area contributed by atoms with Crippen LogP contribution in [0, 0.1) is 0 Å². The molecule has 0 heterocycles. The third-order valence-corrected chi connectivity index (χ3v) is 3.95. The Hall–Kier alpha value is -2.14. The molecule has 5 heteroatoms. The largest absolute Gasteiger partial charge is 0.349 e. The lowest BCUT2D eigenvalue weighted by atomic mass is 10.1. The number of carbonyl (C=O) groups excluding carboxylic acids is 2. The highest BCUT2D eigenvalue weighted by molar-refractivity contribution is 9.10. The van der Waals surface area contributed by atoms with E-state index in [-0.39, 0.29) is 11.8 Å². The lowest BCUT2D eigenvalue weighted by Gasteiger charge is -2.07. The van der Waals surface area contributed by atoms with Crippen molar-refractivity contribution in [3.63, 3.8) is 0 Å². The van der Waals surface area contributed by atoms with Crippen LogP contribution in [0.25, 0.3) is 0 Å². The molecule has 1 aliphatic carbocycles. The second-order valence-electron chi connectivity index (χ2n) is 5.29. The van der Waals surface area contributed by atoms with Gasteiger partial charge in [-0.15, -0.1) is 0 Å². The van der Waals surface area contributed by atoms with Crippen LogP contribution in [-0.4, -0.2) is 17.9 Å². The molecule has 1 fully saturated rings. The van der Waals surface area contributed by atoms with Crippen molar-refractivity contribution in [3.8, 4) is 0 Å². The number of halogens is 1. The third kappa shape index (κ3) is 3.74. The Morgan fingerprint density at radius 2 is 1.41 bits per heavy atom. The van der Waals surface area contributed by atoms with Crippen LogP contribution in [0.15, 0.2) is 53.0 Å². The Kier molecular flexibility index (Phi) is 4.24. The first-order valence-electron chi connectivity index (χ1n) is 7.10. The monoisotopic (exact) mass is 358 g/mol. The quantitative estimate of drug-likeness (QED) is 0.877. The molecule has 0 spiro atoms. The van der Waals surface area contributed by atoms with E-state index in [1.54, 1.807) is 24.3 Å². The van der Waals surface area contributed by atoms with Gasteiger partial charge in [-0.3, -0.25) is 9.59 Å². The molecule has 3 rings (SSSR count). The molecular formula is C17H15BrN2O2. The molecule has 0 radical (unpaired) electrons. The highest BCUT2D eigenvalue weighted by Crippen LogP contribution is 2.19. The smallest absolute Gasteiger partial charge is 0.255 e. The van der Waals surface area contributed by atoms with Gasteiger partial charge in [-0.25, -0.2) is 0 Å². The highest BCUT2D eigenvalue weighted by Gasteiger charge is 2.23. The summed E-state index contributed by atoms with van der Waals surface area (Å²) >= 11 is 3.35. The van der Waals surface area contributed by atoms with E-state index in [4.69, 9.17) is 0 Å². The van der Waals surface area contributed by atoms with Crippen LogP contribution in [-0.2, 0) is 0 Å². The molecule has 112 valence electrons. The van der Waals surface area contributed by atoms with Crippen molar-refractivity contribution >= 4 is 33.4 Å². The van der Waals surface area contributed by atoms with Gasteiger partial charge < -0.3 is 10.6 Å². The molecule has 2 N–H and O–H groups in total. The first-order chi connectivity index (χ1) is 10.6. The number of carbonyl (C=O) groups is 2. The Morgan fingerprint density at radius 3 is 1.95 bits per heavy atom. The van der Waals surface area contributed by atoms with Crippen molar-refractivity contribution < 1.29 is 9.59 Å². The number of hydrogen-bond donors (Lipinski definition) is 2. The van der Waals surface area contributed by atoms with Gasteiger partial charge in [-0.05, 0) is 61.4 Å². The summed E-state index contributed by atoms with van der Waals surface area (Å²) in [5.41, 5.74) is 1.82. The van der Waals surface area contributed by atoms with E-state index < -0.39 is 0 Å². The zero-order valence-electron chi connectivity index (χ0n) is 11.8. The maximum atomic E-state index is 12.1. The molecule has 0 aromatic heterocycles. The Bertz CT molecular complexity index is 692. The first-order valence-corrected chi connectivity index (χ1v) is 7.89. The van der Waals surface area contributed by atoms with E-state index in [1.165, 1.54) is 0 Å². The summed E-state index contributed by atoms with van der Waals surface area (Å²) in [4.78, 5) is 24.0. The summed E-state index contributed by atoms with van der Waals surface area (Å²) in [7, 11) is 0. The zero-order valence-corrected chi connectivity index (χ0v) is 13.4. The van der Waals surface area contributed by atoms with Crippen LogP contribution < -0.4 is 10.6 Å². The average Bonchev–Trinajstić information content (AvgIpc) is 3.33. The molecule has 0 saturated heterocycles. The molecule has 2 aromatic rings. The van der Waals surface area contributed by atoms with E-state index in [0.29, 0.717) is 17.2 Å². The van der Waals surface area contributed by atoms with E-state index in [1.807, 2.05) is 24.3 Å². The van der Waals surface area contributed by atoms with Crippen molar-refractivity contribution in [2.24, 2.45) is 0 Å². The zero-order chi connectivity index (χ0) is 15.5. The fourth-order valence-corrected chi connectivity index (χ4v) is 2.27. The minimum absolute atomic E-state index is 0.0811. The maximum absolute atomic E-state index is 12.1. The molecule has 0 unspecified atom stereocenters. The lowest BCUT2D eigenvalue weighted by Crippen LogP contribution is -2.25. The van der Waals surface area contributed by atoms with Crippen LogP contribution in [0.5, 0.6) is 0 Å². The Labute approximate surface area is 137 Å². The summed E-state index contributed by atoms with van der Waals surface area (Å²) < 4.78 is 0.955. The van der Waals surface area contributed by atoms with Crippen LogP contribution in [0.2, 0.25) is 0 Å². The SMILES string of the molecule is O=C(Nc1ccc(Br)cc1)c1ccc(C(=O)NC2CC2)cc1. The number of anilines is 1. The number of benzene rings is 2. The Morgan fingerprint density at radius 1 is 0.864 bits per heavy atom. The number of hydrogen-bond acceptors (Lipinski definition) is 2. The molecular weight excluding hydrogens is 344 g/mol. The van der Waals surface area contributed by atoms with Crippen molar-refractivity contribution in [1.82, 2.24) is 5.32 Å². The van der Waals surface area contributed by atoms with Crippen LogP contribution in [0.1, 0.15) is 33.6 Å². The van der Waals surface area contributed by atoms with Crippen molar-refractivity contribution in [3.05, 3.63) is 64.1 Å². The van der Waals surface area contributed by atoms with Gasteiger partial charge in [-0.2, -0.15) is 0 Å². The van der Waals surface area contributed by atoms with Gasteiger partial charge in [0.25, 0.3) is 11.8 Å². The van der Waals surface area contributed by atoms with Crippen molar-refractivity contribution in [2.45, 2.75) is 18.9 Å². The molecule has 4 nitrogen and oxygen atoms in total. The molecule has 2 aromatic carbocycles. The van der Waals surface area contributed by atoms with E-state index >= 15 is 0 Å². The van der Waals surface area contributed by atoms with Crippen molar-refractivity contribution in [1.29, 1.82) is 0 Å². The second kappa shape index (κ2) is 6.32. The van der Waals surface area contributed by atoms with Gasteiger partial charge in [-0.1, -0.05) is 15.9 Å². The van der Waals surface area contributed by atoms with E-state index in [0.717, 1.165) is 23.0 Å². The van der Waals surface area contributed by atoms with Crippen LogP contribution >= 0.6 is 15.9 Å². The molecule has 22 heavy (non-hydrogen) atoms. The van der Waals surface area contributed by atoms with Gasteiger partial charge in [0.2, 0.25) is 0 Å². The molecule has 1 aliphatic rings. The van der Waals surface area contributed by atoms with E-state index in [2.05, 4.69) is 26.6 Å². The average molecular weight is 359 g/mol. The maximum Gasteiger partial charge on any atom is 0.255 e. The lowest BCUT2D eigenvalue weighted by molar-refractivity contribution is 0.0949. The normalized spacial score (nSPS) is 13.5. The molecule has 1 saturated carbocycles. The number of amides is 2. The first kappa shape index (κ1) is 14.8. The molecule has 2 amide bonds. The molecule has 0 bridgehead atoms. The van der Waals surface area contributed by atoms with E-state index in [9.17, 15) is 9.59 Å². The number of nitrogens with one attached hydrogen (secondary N) is 2. The predicted octanol–water partition coefficient (Wildman–Crippen LogP) is 3.59. The fourth-order valence-electron chi connectivity index (χ4n) is 2.01. The highest BCUT2D eigenvalue weighted by atomic mass is 79.9. The fraction of sp³-hybridized carbons (Fsp3) is 0.176. The van der Waals surface area contributed by atoms with Gasteiger partial charge >= 0.3 is 0 Å². The summed E-state index contributed by atoms with van der Waals surface area (Å²) in [6, 6.07) is 14.4. The van der Waals surface area contributed by atoms with Gasteiger partial charge in [0.1, 0.15) is 0 Å². The van der Waals surface area contributed by atoms with Gasteiger partial charge in [0, 0.05) is 27.3 Å². The number of rotatable bonds is 4. The molecule has 0 aliphatic heterocycles. The topological polar surface area (TPSA) is 58.2 Å². The van der Waals surface area contributed by atoms with Crippen LogP contribution in [0.3, 0.4) is 0 Å². The summed E-state index contributed by atoms with van der Waals surface area (Å²) in [6.45, 7) is 0. The summed E-state index contributed by atoms with van der Waals surface area (Å²) in [5, 5.41) is 5.74. The summed E-state index contributed by atoms with van der Waals surface area (Å²) in [6.07, 6.45) is 2.11. The minimum atomic E-state index is -0.198.